The summed E-state index contributed by atoms with van der Waals surface area (Å²) in [5.74, 6) is 2.05. The Morgan fingerprint density at radius 1 is 1.21 bits per heavy atom. The number of fused-ring (bicyclic) bond motifs is 1. The van der Waals surface area contributed by atoms with Crippen LogP contribution in [0.3, 0.4) is 0 Å². The fourth-order valence-electron chi connectivity index (χ4n) is 2.53. The first-order valence-electron chi connectivity index (χ1n) is 8.09. The average molecular weight is 327 g/mol. The molecule has 0 aliphatic carbocycles. The van der Waals surface area contributed by atoms with Crippen LogP contribution in [-0.2, 0) is 0 Å². The predicted molar refractivity (Wildman–Crippen MR) is 90.9 cm³/mol. The lowest BCUT2D eigenvalue weighted by atomic mass is 10.1. The molecule has 24 heavy (non-hydrogen) atoms. The van der Waals surface area contributed by atoms with E-state index in [2.05, 4.69) is 5.32 Å². The predicted octanol–water partition coefficient (Wildman–Crippen LogP) is 3.04. The summed E-state index contributed by atoms with van der Waals surface area (Å²) in [5.41, 5.74) is 0.586. The van der Waals surface area contributed by atoms with E-state index in [0.29, 0.717) is 24.5 Å². The van der Waals surface area contributed by atoms with Gasteiger partial charge in [0.25, 0.3) is 5.91 Å². The molecule has 1 N–H and O–H groups in total. The molecule has 0 fully saturated rings. The molecule has 1 heterocycles. The number of hydrogen-bond donors (Lipinski definition) is 1. The largest absolute Gasteiger partial charge is 0.494 e. The Hall–Kier alpha value is -2.69. The molecule has 0 spiro atoms. The smallest absolute Gasteiger partial charge is 0.251 e. The third-order valence-corrected chi connectivity index (χ3v) is 3.87. The van der Waals surface area contributed by atoms with Crippen LogP contribution in [0.15, 0.2) is 48.5 Å². The van der Waals surface area contributed by atoms with Crippen molar-refractivity contribution in [1.82, 2.24) is 5.32 Å². The highest BCUT2D eigenvalue weighted by atomic mass is 16.6. The fraction of sp³-hybridized carbons (Fsp3) is 0.316. The van der Waals surface area contributed by atoms with Gasteiger partial charge in [0.05, 0.1) is 12.6 Å². The summed E-state index contributed by atoms with van der Waals surface area (Å²) >= 11 is 0. The first-order chi connectivity index (χ1) is 11.7. The van der Waals surface area contributed by atoms with Gasteiger partial charge in [0.2, 0.25) is 0 Å². The highest BCUT2D eigenvalue weighted by Crippen LogP contribution is 2.31. The van der Waals surface area contributed by atoms with Gasteiger partial charge in [-0.15, -0.1) is 0 Å². The lowest BCUT2D eigenvalue weighted by Gasteiger charge is -2.30. The molecule has 0 radical (unpaired) electrons. The Labute approximate surface area is 141 Å². The first-order valence-corrected chi connectivity index (χ1v) is 8.09. The van der Waals surface area contributed by atoms with Crippen molar-refractivity contribution in [3.8, 4) is 17.2 Å². The van der Waals surface area contributed by atoms with Gasteiger partial charge in [0, 0.05) is 5.56 Å². The maximum Gasteiger partial charge on any atom is 0.251 e. The van der Waals surface area contributed by atoms with Crippen molar-refractivity contribution in [3.63, 3.8) is 0 Å². The maximum absolute atomic E-state index is 12.4. The number of hydrogen-bond acceptors (Lipinski definition) is 4. The van der Waals surface area contributed by atoms with Crippen molar-refractivity contribution in [2.45, 2.75) is 26.0 Å². The number of amides is 1. The van der Waals surface area contributed by atoms with Crippen molar-refractivity contribution < 1.29 is 19.0 Å². The quantitative estimate of drug-likeness (QED) is 0.917. The number of carbonyl (C=O) groups excluding carboxylic acids is 1. The molecule has 3 rings (SSSR count). The van der Waals surface area contributed by atoms with Crippen molar-refractivity contribution >= 4 is 5.91 Å². The van der Waals surface area contributed by atoms with Crippen LogP contribution in [0.25, 0.3) is 0 Å². The van der Waals surface area contributed by atoms with Gasteiger partial charge in [-0.05, 0) is 50.2 Å². The van der Waals surface area contributed by atoms with Crippen molar-refractivity contribution in [2.75, 3.05) is 13.2 Å². The number of para-hydroxylation sites is 2. The molecular formula is C19H21NO4. The summed E-state index contributed by atoms with van der Waals surface area (Å²) < 4.78 is 17.0. The van der Waals surface area contributed by atoms with Crippen molar-refractivity contribution in [2.24, 2.45) is 0 Å². The SMILES string of the molecule is CCOc1ccc(C(=O)N[C@@H](C)[C@@H]2COc3ccccc3O2)cc1. The summed E-state index contributed by atoms with van der Waals surface area (Å²) in [6.07, 6.45) is -0.230. The molecule has 0 saturated heterocycles. The third-order valence-electron chi connectivity index (χ3n) is 3.87. The number of benzene rings is 2. The number of nitrogens with one attached hydrogen (secondary N) is 1. The van der Waals surface area contributed by atoms with Gasteiger partial charge in [0.1, 0.15) is 12.4 Å². The summed E-state index contributed by atoms with van der Waals surface area (Å²) in [5, 5.41) is 2.96. The van der Waals surface area contributed by atoms with Gasteiger partial charge in [-0.3, -0.25) is 4.79 Å². The molecule has 5 nitrogen and oxygen atoms in total. The van der Waals surface area contributed by atoms with Gasteiger partial charge in [0.15, 0.2) is 17.6 Å². The van der Waals surface area contributed by atoms with Crippen LogP contribution >= 0.6 is 0 Å². The molecule has 2 aromatic rings. The maximum atomic E-state index is 12.4. The second-order valence-electron chi connectivity index (χ2n) is 5.63. The molecule has 2 aromatic carbocycles. The minimum absolute atomic E-state index is 0.145. The van der Waals surface area contributed by atoms with Crippen LogP contribution in [-0.4, -0.2) is 31.3 Å². The number of ether oxygens (including phenoxy) is 3. The van der Waals surface area contributed by atoms with Crippen LogP contribution in [0.2, 0.25) is 0 Å². The first kappa shape index (κ1) is 16.2. The van der Waals surface area contributed by atoms with Crippen LogP contribution in [0.4, 0.5) is 0 Å². The molecule has 1 amide bonds. The topological polar surface area (TPSA) is 56.8 Å². The average Bonchev–Trinajstić information content (AvgIpc) is 2.62. The molecular weight excluding hydrogens is 306 g/mol. The second-order valence-corrected chi connectivity index (χ2v) is 5.63. The van der Waals surface area contributed by atoms with Crippen LogP contribution in [0.5, 0.6) is 17.2 Å². The monoisotopic (exact) mass is 327 g/mol. The Balaban J connectivity index is 1.60. The minimum Gasteiger partial charge on any atom is -0.494 e. The zero-order valence-corrected chi connectivity index (χ0v) is 13.8. The van der Waals surface area contributed by atoms with Gasteiger partial charge < -0.3 is 19.5 Å². The zero-order chi connectivity index (χ0) is 16.9. The molecule has 1 aliphatic heterocycles. The molecule has 126 valence electrons. The van der Waals surface area contributed by atoms with Gasteiger partial charge in [-0.25, -0.2) is 0 Å². The molecule has 0 unspecified atom stereocenters. The van der Waals surface area contributed by atoms with E-state index in [1.165, 1.54) is 0 Å². The Kier molecular flexibility index (Phi) is 4.89. The van der Waals surface area contributed by atoms with E-state index in [1.807, 2.05) is 38.1 Å². The van der Waals surface area contributed by atoms with Crippen LogP contribution in [0.1, 0.15) is 24.2 Å². The summed E-state index contributed by atoms with van der Waals surface area (Å²) in [6.45, 7) is 4.84. The molecule has 5 heteroatoms. The Morgan fingerprint density at radius 3 is 2.62 bits per heavy atom. The fourth-order valence-corrected chi connectivity index (χ4v) is 2.53. The molecule has 0 bridgehead atoms. The van der Waals surface area contributed by atoms with Gasteiger partial charge >= 0.3 is 0 Å². The van der Waals surface area contributed by atoms with Crippen molar-refractivity contribution in [3.05, 3.63) is 54.1 Å². The van der Waals surface area contributed by atoms with Crippen molar-refractivity contribution in [1.29, 1.82) is 0 Å². The van der Waals surface area contributed by atoms with Crippen LogP contribution < -0.4 is 19.5 Å². The summed E-state index contributed by atoms with van der Waals surface area (Å²) in [6, 6.07) is 14.4. The summed E-state index contributed by atoms with van der Waals surface area (Å²) in [4.78, 5) is 12.4. The summed E-state index contributed by atoms with van der Waals surface area (Å²) in [7, 11) is 0. The molecule has 1 aliphatic rings. The van der Waals surface area contributed by atoms with E-state index in [0.717, 1.165) is 11.5 Å². The lowest BCUT2D eigenvalue weighted by Crippen LogP contribution is -2.48. The van der Waals surface area contributed by atoms with E-state index >= 15 is 0 Å². The third kappa shape index (κ3) is 3.62. The second kappa shape index (κ2) is 7.25. The highest BCUT2D eigenvalue weighted by molar-refractivity contribution is 5.94. The number of carbonyl (C=O) groups is 1. The van der Waals surface area contributed by atoms with Crippen LogP contribution in [0, 0.1) is 0 Å². The van der Waals surface area contributed by atoms with Gasteiger partial charge in [-0.1, -0.05) is 12.1 Å². The number of rotatable bonds is 5. The zero-order valence-electron chi connectivity index (χ0n) is 13.8. The van der Waals surface area contributed by atoms with E-state index in [1.54, 1.807) is 24.3 Å². The van der Waals surface area contributed by atoms with E-state index < -0.39 is 0 Å². The van der Waals surface area contributed by atoms with Gasteiger partial charge in [-0.2, -0.15) is 0 Å². The Bertz CT molecular complexity index is 699. The van der Waals surface area contributed by atoms with E-state index in [-0.39, 0.29) is 18.1 Å². The minimum atomic E-state index is -0.230. The normalized spacial score (nSPS) is 17.0. The standard InChI is InChI=1S/C19H21NO4/c1-3-22-15-10-8-14(9-11-15)19(21)20-13(2)18-12-23-16-6-4-5-7-17(16)24-18/h4-11,13,18H,3,12H2,1-2H3,(H,20,21)/t13-,18-/m0/s1. The Morgan fingerprint density at radius 2 is 1.92 bits per heavy atom. The molecule has 0 saturated carbocycles. The highest BCUT2D eigenvalue weighted by Gasteiger charge is 2.27. The molecule has 0 aromatic heterocycles. The van der Waals surface area contributed by atoms with E-state index in [9.17, 15) is 4.79 Å². The van der Waals surface area contributed by atoms with E-state index in [4.69, 9.17) is 14.2 Å². The lowest BCUT2D eigenvalue weighted by molar-refractivity contribution is 0.0606. The molecule has 2 atom stereocenters.